The molecule has 0 aliphatic carbocycles. The van der Waals surface area contributed by atoms with Gasteiger partial charge < -0.3 is 25.5 Å². The van der Waals surface area contributed by atoms with Gasteiger partial charge in [-0.3, -0.25) is 19.9 Å². The molecule has 0 radical (unpaired) electrons. The van der Waals surface area contributed by atoms with Crippen molar-refractivity contribution < 1.29 is 19.1 Å². The molecule has 2 unspecified atom stereocenters. The number of aliphatic imine (C=N–C) groups is 1. The SMILES string of the molecule is CN=C(CCC(=N)CCCCc1nnc(NC(=O)Cc2cccc(C(C)(C)NC3OC3OC(C)(C)C)c2)s1)NC(=O)Cc1ccccc1. The topological polar surface area (TPSA) is 154 Å². The monoisotopic (exact) mass is 675 g/mol. The van der Waals surface area contributed by atoms with Crippen LogP contribution in [0.2, 0.25) is 0 Å². The molecule has 0 spiro atoms. The van der Waals surface area contributed by atoms with Gasteiger partial charge in [-0.2, -0.15) is 0 Å². The highest BCUT2D eigenvalue weighted by molar-refractivity contribution is 7.15. The number of nitrogens with one attached hydrogen (secondary N) is 4. The highest BCUT2D eigenvalue weighted by Crippen LogP contribution is 2.31. The Morgan fingerprint density at radius 1 is 0.938 bits per heavy atom. The molecule has 4 rings (SSSR count). The van der Waals surface area contributed by atoms with Gasteiger partial charge in [-0.1, -0.05) is 65.9 Å². The molecule has 48 heavy (non-hydrogen) atoms. The van der Waals surface area contributed by atoms with Gasteiger partial charge in [0.2, 0.25) is 16.9 Å². The molecule has 4 N–H and O–H groups in total. The zero-order valence-corrected chi connectivity index (χ0v) is 29.7. The van der Waals surface area contributed by atoms with E-state index in [-0.39, 0.29) is 41.9 Å². The standard InChI is InChI=1S/C36H49N7O4S/c1-35(2,3)47-33-32(46-33)41-36(4,5)26-16-12-15-25(21-26)23-30(45)40-34-43-42-31(48-34)18-11-10-17-27(37)19-20-28(38-6)39-29(44)22-24-13-8-7-9-14-24/h7-9,12-16,21,32-33,37,41H,10-11,17-20,22-23H2,1-6H3,(H,38,39,44)(H,40,43,45). The molecule has 1 saturated heterocycles. The zero-order chi connectivity index (χ0) is 34.7. The van der Waals surface area contributed by atoms with E-state index in [0.29, 0.717) is 42.4 Å². The number of amidine groups is 1. The van der Waals surface area contributed by atoms with E-state index in [1.807, 2.05) is 75.4 Å². The first kappa shape index (κ1) is 37.0. The smallest absolute Gasteiger partial charge is 0.230 e. The van der Waals surface area contributed by atoms with Gasteiger partial charge in [0.25, 0.3) is 0 Å². The van der Waals surface area contributed by atoms with Crippen molar-refractivity contribution in [1.82, 2.24) is 20.8 Å². The maximum absolute atomic E-state index is 12.8. The number of hydrogen-bond donors (Lipinski definition) is 4. The minimum Gasteiger partial charge on any atom is -0.343 e. The summed E-state index contributed by atoms with van der Waals surface area (Å²) in [5, 5.41) is 27.3. The van der Waals surface area contributed by atoms with Crippen LogP contribution in [0.15, 0.2) is 59.6 Å². The van der Waals surface area contributed by atoms with E-state index in [2.05, 4.69) is 45.0 Å². The molecule has 2 aromatic carbocycles. The number of aryl methyl sites for hydroxylation is 1. The molecule has 0 bridgehead atoms. The fraction of sp³-hybridized carbons (Fsp3) is 0.500. The number of hydrogen-bond acceptors (Lipinski definition) is 10. The molecule has 1 aromatic heterocycles. The van der Waals surface area contributed by atoms with E-state index in [0.717, 1.165) is 41.0 Å². The van der Waals surface area contributed by atoms with Crippen molar-refractivity contribution in [2.75, 3.05) is 12.4 Å². The Hall–Kier alpha value is -3.84. The van der Waals surface area contributed by atoms with Crippen molar-refractivity contribution in [2.24, 2.45) is 4.99 Å². The molecule has 2 atom stereocenters. The van der Waals surface area contributed by atoms with Crippen LogP contribution >= 0.6 is 11.3 Å². The van der Waals surface area contributed by atoms with Crippen molar-refractivity contribution in [3.8, 4) is 0 Å². The van der Waals surface area contributed by atoms with Crippen LogP contribution in [0.4, 0.5) is 5.13 Å². The Kier molecular flexibility index (Phi) is 13.1. The maximum Gasteiger partial charge on any atom is 0.230 e. The Labute approximate surface area is 287 Å². The summed E-state index contributed by atoms with van der Waals surface area (Å²) in [4.78, 5) is 29.4. The molecule has 11 nitrogen and oxygen atoms in total. The van der Waals surface area contributed by atoms with E-state index in [1.165, 1.54) is 11.3 Å². The first-order valence-electron chi connectivity index (χ1n) is 16.5. The summed E-state index contributed by atoms with van der Waals surface area (Å²) >= 11 is 1.38. The second-order valence-electron chi connectivity index (χ2n) is 13.5. The normalized spacial score (nSPS) is 16.4. The van der Waals surface area contributed by atoms with E-state index < -0.39 is 0 Å². The minimum atomic E-state index is -0.382. The van der Waals surface area contributed by atoms with Gasteiger partial charge in [-0.05, 0) is 77.0 Å². The number of rotatable bonds is 17. The van der Waals surface area contributed by atoms with Crippen molar-refractivity contribution >= 4 is 39.8 Å². The molecular formula is C36H49N7O4S. The highest BCUT2D eigenvalue weighted by Gasteiger charge is 2.45. The summed E-state index contributed by atoms with van der Waals surface area (Å²) in [6.45, 7) is 10.2. The number of epoxide rings is 1. The van der Waals surface area contributed by atoms with Crippen LogP contribution in [-0.4, -0.2) is 58.7 Å². The number of amides is 2. The Bertz CT molecular complexity index is 1570. The van der Waals surface area contributed by atoms with Gasteiger partial charge in [0.05, 0.1) is 18.4 Å². The average Bonchev–Trinajstić information content (AvgIpc) is 3.55. The van der Waals surface area contributed by atoms with Crippen LogP contribution in [0.3, 0.4) is 0 Å². The predicted molar refractivity (Wildman–Crippen MR) is 191 cm³/mol. The quantitative estimate of drug-likeness (QED) is 0.0598. The summed E-state index contributed by atoms with van der Waals surface area (Å²) in [5.41, 5.74) is 2.86. The van der Waals surface area contributed by atoms with E-state index in [4.69, 9.17) is 14.9 Å². The molecule has 258 valence electrons. The van der Waals surface area contributed by atoms with Gasteiger partial charge in [0.15, 0.2) is 12.5 Å². The van der Waals surface area contributed by atoms with Gasteiger partial charge in [-0.15, -0.1) is 10.2 Å². The molecule has 2 amide bonds. The zero-order valence-electron chi connectivity index (χ0n) is 28.9. The molecule has 1 aliphatic rings. The summed E-state index contributed by atoms with van der Waals surface area (Å²) in [5.74, 6) is 0.346. The first-order chi connectivity index (χ1) is 22.8. The number of unbranched alkanes of at least 4 members (excludes halogenated alkanes) is 1. The van der Waals surface area contributed by atoms with Gasteiger partial charge in [0.1, 0.15) is 10.8 Å². The summed E-state index contributed by atoms with van der Waals surface area (Å²) < 4.78 is 11.6. The van der Waals surface area contributed by atoms with Crippen LogP contribution in [0.25, 0.3) is 0 Å². The number of anilines is 1. The van der Waals surface area contributed by atoms with Gasteiger partial charge in [-0.25, -0.2) is 0 Å². The summed E-state index contributed by atoms with van der Waals surface area (Å²) in [7, 11) is 1.65. The lowest BCUT2D eigenvalue weighted by molar-refractivity contribution is -0.119. The number of benzene rings is 2. The molecule has 1 fully saturated rings. The largest absolute Gasteiger partial charge is 0.343 e. The van der Waals surface area contributed by atoms with Gasteiger partial charge >= 0.3 is 0 Å². The van der Waals surface area contributed by atoms with E-state index in [9.17, 15) is 9.59 Å². The third-order valence-electron chi connectivity index (χ3n) is 7.69. The van der Waals surface area contributed by atoms with Crippen LogP contribution in [0.1, 0.15) is 88.4 Å². The fourth-order valence-corrected chi connectivity index (χ4v) is 5.93. The lowest BCUT2D eigenvalue weighted by atomic mass is 9.92. The van der Waals surface area contributed by atoms with Gasteiger partial charge in [0, 0.05) is 31.1 Å². The summed E-state index contributed by atoms with van der Waals surface area (Å²) in [6, 6.07) is 17.6. The number of aromatic nitrogens is 2. The number of carbonyl (C=O) groups excluding carboxylic acids is 2. The second-order valence-corrected chi connectivity index (χ2v) is 14.6. The maximum atomic E-state index is 12.8. The van der Waals surface area contributed by atoms with Crippen LogP contribution in [-0.2, 0) is 43.9 Å². The number of ether oxygens (including phenoxy) is 2. The lowest BCUT2D eigenvalue weighted by Gasteiger charge is -2.27. The molecule has 2 heterocycles. The van der Waals surface area contributed by atoms with Crippen molar-refractivity contribution in [3.63, 3.8) is 0 Å². The average molecular weight is 676 g/mol. The third-order valence-corrected chi connectivity index (χ3v) is 8.59. The lowest BCUT2D eigenvalue weighted by Crippen LogP contribution is -2.40. The van der Waals surface area contributed by atoms with Crippen LogP contribution in [0, 0.1) is 5.41 Å². The minimum absolute atomic E-state index is 0.104. The molecular weight excluding hydrogens is 627 g/mol. The first-order valence-corrected chi connectivity index (χ1v) is 17.3. The Balaban J connectivity index is 1.13. The van der Waals surface area contributed by atoms with E-state index in [1.54, 1.807) is 7.05 Å². The Morgan fingerprint density at radius 3 is 2.40 bits per heavy atom. The predicted octanol–water partition coefficient (Wildman–Crippen LogP) is 5.94. The summed E-state index contributed by atoms with van der Waals surface area (Å²) in [6.07, 6.45) is 4.25. The molecule has 1 aliphatic heterocycles. The Morgan fingerprint density at radius 2 is 1.67 bits per heavy atom. The number of nitrogens with zero attached hydrogens (tertiary/aromatic N) is 3. The van der Waals surface area contributed by atoms with Crippen molar-refractivity contribution in [1.29, 1.82) is 5.41 Å². The number of carbonyl (C=O) groups is 2. The molecule has 3 aromatic rings. The van der Waals surface area contributed by atoms with Crippen LogP contribution in [0.5, 0.6) is 0 Å². The highest BCUT2D eigenvalue weighted by atomic mass is 32.1. The molecule has 0 saturated carbocycles. The third kappa shape index (κ3) is 12.6. The molecule has 12 heteroatoms. The van der Waals surface area contributed by atoms with Crippen LogP contribution < -0.4 is 16.0 Å². The van der Waals surface area contributed by atoms with Crippen molar-refractivity contribution in [3.05, 3.63) is 76.3 Å². The second kappa shape index (κ2) is 17.0. The van der Waals surface area contributed by atoms with E-state index >= 15 is 0 Å². The van der Waals surface area contributed by atoms with Crippen molar-refractivity contribution in [2.45, 2.75) is 110 Å². The fourth-order valence-electron chi connectivity index (χ4n) is 5.13.